The fraction of sp³-hybridized carbons (Fsp3) is 0.571. The van der Waals surface area contributed by atoms with Crippen molar-refractivity contribution < 1.29 is 0 Å². The van der Waals surface area contributed by atoms with Crippen LogP contribution in [0.2, 0.25) is 5.02 Å². The minimum absolute atomic E-state index is 0.521. The van der Waals surface area contributed by atoms with Crippen molar-refractivity contribution in [1.29, 1.82) is 0 Å². The van der Waals surface area contributed by atoms with E-state index in [1.165, 1.54) is 37.8 Å². The van der Waals surface area contributed by atoms with Gasteiger partial charge < -0.3 is 4.90 Å². The molecule has 1 aromatic rings. The van der Waals surface area contributed by atoms with Gasteiger partial charge in [-0.05, 0) is 36.6 Å². The molecule has 0 aromatic heterocycles. The molecule has 1 fully saturated rings. The van der Waals surface area contributed by atoms with Gasteiger partial charge in [0, 0.05) is 29.7 Å². The molecule has 1 saturated carbocycles. The van der Waals surface area contributed by atoms with Crippen LogP contribution in [0.25, 0.3) is 0 Å². The van der Waals surface area contributed by atoms with Crippen LogP contribution in [0.15, 0.2) is 18.2 Å². The Kier molecular flexibility index (Phi) is 4.58. The third kappa shape index (κ3) is 3.08. The van der Waals surface area contributed by atoms with Gasteiger partial charge in [-0.2, -0.15) is 0 Å². The van der Waals surface area contributed by atoms with Crippen molar-refractivity contribution in [2.75, 3.05) is 11.9 Å². The van der Waals surface area contributed by atoms with Gasteiger partial charge in [-0.1, -0.05) is 30.9 Å². The van der Waals surface area contributed by atoms with E-state index in [4.69, 9.17) is 23.2 Å². The first-order chi connectivity index (χ1) is 8.22. The zero-order valence-corrected chi connectivity index (χ0v) is 11.8. The Labute approximate surface area is 114 Å². The van der Waals surface area contributed by atoms with Crippen molar-refractivity contribution in [2.45, 2.75) is 44.0 Å². The summed E-state index contributed by atoms with van der Waals surface area (Å²) in [6.07, 6.45) is 6.66. The van der Waals surface area contributed by atoms with E-state index in [-0.39, 0.29) is 0 Å². The Morgan fingerprint density at radius 2 is 1.94 bits per heavy atom. The van der Waals surface area contributed by atoms with E-state index in [2.05, 4.69) is 18.0 Å². The first kappa shape index (κ1) is 13.0. The number of anilines is 1. The van der Waals surface area contributed by atoms with Gasteiger partial charge in [0.05, 0.1) is 0 Å². The van der Waals surface area contributed by atoms with Crippen LogP contribution in [0.5, 0.6) is 0 Å². The molecule has 0 unspecified atom stereocenters. The molecule has 0 bridgehead atoms. The maximum Gasteiger partial charge on any atom is 0.0495 e. The molecule has 0 atom stereocenters. The summed E-state index contributed by atoms with van der Waals surface area (Å²) < 4.78 is 0. The zero-order chi connectivity index (χ0) is 12.3. The first-order valence-corrected chi connectivity index (χ1v) is 7.21. The molecule has 94 valence electrons. The summed E-state index contributed by atoms with van der Waals surface area (Å²) in [5, 5.41) is 0.765. The Morgan fingerprint density at radius 1 is 1.24 bits per heavy atom. The van der Waals surface area contributed by atoms with Crippen LogP contribution in [-0.4, -0.2) is 13.1 Å². The van der Waals surface area contributed by atoms with E-state index >= 15 is 0 Å². The average molecular weight is 272 g/mol. The predicted octanol–water partition coefficient (Wildman–Crippen LogP) is 4.85. The van der Waals surface area contributed by atoms with E-state index in [9.17, 15) is 0 Å². The van der Waals surface area contributed by atoms with Gasteiger partial charge in [-0.25, -0.2) is 0 Å². The van der Waals surface area contributed by atoms with Gasteiger partial charge in [0.15, 0.2) is 0 Å². The SMILES string of the molecule is CN(c1ccc(Cl)cc1CCl)C1CCCCC1. The quantitative estimate of drug-likeness (QED) is 0.711. The fourth-order valence-corrected chi connectivity index (χ4v) is 3.08. The molecule has 0 heterocycles. The van der Waals surface area contributed by atoms with E-state index in [1.54, 1.807) is 0 Å². The molecule has 0 aliphatic heterocycles. The highest BCUT2D eigenvalue weighted by Gasteiger charge is 2.19. The lowest BCUT2D eigenvalue weighted by Crippen LogP contribution is -2.33. The molecule has 0 N–H and O–H groups in total. The minimum atomic E-state index is 0.521. The average Bonchev–Trinajstić information content (AvgIpc) is 2.39. The third-order valence-corrected chi connectivity index (χ3v) is 4.21. The summed E-state index contributed by atoms with van der Waals surface area (Å²) in [4.78, 5) is 2.38. The number of hydrogen-bond acceptors (Lipinski definition) is 1. The van der Waals surface area contributed by atoms with Crippen LogP contribution < -0.4 is 4.90 Å². The van der Waals surface area contributed by atoms with Crippen molar-refractivity contribution in [3.63, 3.8) is 0 Å². The van der Waals surface area contributed by atoms with Gasteiger partial charge in [0.25, 0.3) is 0 Å². The Balaban J connectivity index is 2.19. The van der Waals surface area contributed by atoms with Crippen LogP contribution in [0.1, 0.15) is 37.7 Å². The summed E-state index contributed by atoms with van der Waals surface area (Å²) in [5.74, 6) is 0.521. The van der Waals surface area contributed by atoms with Crippen LogP contribution in [0, 0.1) is 0 Å². The topological polar surface area (TPSA) is 3.24 Å². The van der Waals surface area contributed by atoms with E-state index in [0.717, 1.165) is 10.6 Å². The molecular weight excluding hydrogens is 253 g/mol. The molecule has 17 heavy (non-hydrogen) atoms. The lowest BCUT2D eigenvalue weighted by Gasteiger charge is -2.34. The van der Waals surface area contributed by atoms with E-state index < -0.39 is 0 Å². The molecule has 1 nitrogen and oxygen atoms in total. The summed E-state index contributed by atoms with van der Waals surface area (Å²) in [6.45, 7) is 0. The lowest BCUT2D eigenvalue weighted by atomic mass is 9.94. The maximum absolute atomic E-state index is 6.01. The van der Waals surface area contributed by atoms with Crippen LogP contribution in [0.3, 0.4) is 0 Å². The Morgan fingerprint density at radius 3 is 2.59 bits per heavy atom. The molecule has 0 amide bonds. The molecule has 2 rings (SSSR count). The molecule has 3 heteroatoms. The summed E-state index contributed by atoms with van der Waals surface area (Å²) in [7, 11) is 2.18. The van der Waals surface area contributed by atoms with E-state index in [0.29, 0.717) is 11.9 Å². The van der Waals surface area contributed by atoms with Crippen LogP contribution in [0.4, 0.5) is 5.69 Å². The Hall–Kier alpha value is -0.400. The number of rotatable bonds is 3. The Bertz CT molecular complexity index is 372. The van der Waals surface area contributed by atoms with Gasteiger partial charge in [-0.15, -0.1) is 11.6 Å². The van der Waals surface area contributed by atoms with Gasteiger partial charge >= 0.3 is 0 Å². The first-order valence-electron chi connectivity index (χ1n) is 6.29. The van der Waals surface area contributed by atoms with Crippen molar-refractivity contribution >= 4 is 28.9 Å². The van der Waals surface area contributed by atoms with Gasteiger partial charge in [-0.3, -0.25) is 0 Å². The van der Waals surface area contributed by atoms with Crippen LogP contribution >= 0.6 is 23.2 Å². The molecule has 0 spiro atoms. The second kappa shape index (κ2) is 5.97. The summed E-state index contributed by atoms with van der Waals surface area (Å²) in [5.41, 5.74) is 2.36. The standard InChI is InChI=1S/C14H19Cl2N/c1-17(13-5-3-2-4-6-13)14-8-7-12(16)9-11(14)10-15/h7-9,13H,2-6,10H2,1H3. The lowest BCUT2D eigenvalue weighted by molar-refractivity contribution is 0.427. The van der Waals surface area contributed by atoms with Crippen molar-refractivity contribution in [2.24, 2.45) is 0 Å². The highest BCUT2D eigenvalue weighted by molar-refractivity contribution is 6.30. The van der Waals surface area contributed by atoms with Gasteiger partial charge in [0.1, 0.15) is 0 Å². The number of halogens is 2. The smallest absolute Gasteiger partial charge is 0.0495 e. The molecule has 1 aliphatic rings. The molecule has 0 saturated heterocycles. The number of benzene rings is 1. The third-order valence-electron chi connectivity index (χ3n) is 3.69. The minimum Gasteiger partial charge on any atom is -0.371 e. The number of nitrogens with zero attached hydrogens (tertiary/aromatic N) is 1. The molecular formula is C14H19Cl2N. The fourth-order valence-electron chi connectivity index (χ4n) is 2.67. The number of hydrogen-bond donors (Lipinski definition) is 0. The normalized spacial score (nSPS) is 17.1. The van der Waals surface area contributed by atoms with E-state index in [1.807, 2.05) is 12.1 Å². The monoisotopic (exact) mass is 271 g/mol. The number of alkyl halides is 1. The summed E-state index contributed by atoms with van der Waals surface area (Å²) in [6, 6.07) is 6.68. The highest BCUT2D eigenvalue weighted by Crippen LogP contribution is 2.30. The molecule has 0 radical (unpaired) electrons. The predicted molar refractivity (Wildman–Crippen MR) is 76.3 cm³/mol. The van der Waals surface area contributed by atoms with Gasteiger partial charge in [0.2, 0.25) is 0 Å². The maximum atomic E-state index is 6.01. The van der Waals surface area contributed by atoms with Crippen molar-refractivity contribution in [3.05, 3.63) is 28.8 Å². The highest BCUT2D eigenvalue weighted by atomic mass is 35.5. The second-order valence-corrected chi connectivity index (χ2v) is 5.51. The van der Waals surface area contributed by atoms with Crippen molar-refractivity contribution in [3.8, 4) is 0 Å². The largest absolute Gasteiger partial charge is 0.371 e. The second-order valence-electron chi connectivity index (χ2n) is 4.81. The molecule has 1 aromatic carbocycles. The molecule has 1 aliphatic carbocycles. The van der Waals surface area contributed by atoms with Crippen molar-refractivity contribution in [1.82, 2.24) is 0 Å². The zero-order valence-electron chi connectivity index (χ0n) is 10.3. The van der Waals surface area contributed by atoms with Crippen LogP contribution in [-0.2, 0) is 5.88 Å². The summed E-state index contributed by atoms with van der Waals surface area (Å²) >= 11 is 12.0.